The van der Waals surface area contributed by atoms with Gasteiger partial charge in [0.1, 0.15) is 0 Å². The van der Waals surface area contributed by atoms with Gasteiger partial charge in [0, 0.05) is 30.1 Å². The van der Waals surface area contributed by atoms with E-state index in [9.17, 15) is 5.11 Å². The lowest BCUT2D eigenvalue weighted by Crippen LogP contribution is -2.51. The van der Waals surface area contributed by atoms with Crippen molar-refractivity contribution in [2.24, 2.45) is 39.6 Å². The van der Waals surface area contributed by atoms with Gasteiger partial charge < -0.3 is 9.84 Å². The van der Waals surface area contributed by atoms with Crippen LogP contribution in [0.25, 0.3) is 10.4 Å². The van der Waals surface area contributed by atoms with E-state index in [1.165, 1.54) is 51.4 Å². The number of allylic oxidation sites excluding steroid dienone is 1. The second-order valence-corrected chi connectivity index (χ2v) is 11.7. The first-order valence-corrected chi connectivity index (χ1v) is 13.4. The smallest absolute Gasteiger partial charge is 0.0674 e. The first-order valence-electron chi connectivity index (χ1n) is 13.4. The summed E-state index contributed by atoms with van der Waals surface area (Å²) in [5, 5.41) is 13.1. The van der Waals surface area contributed by atoms with Gasteiger partial charge >= 0.3 is 0 Å². The Balaban J connectivity index is 1.64. The molecule has 1 N–H and O–H groups in total. The van der Waals surface area contributed by atoms with E-state index in [1.807, 2.05) is 5.57 Å². The molecule has 2 fully saturated rings. The number of aliphatic hydroxyl groups excluding tert-OH is 1. The zero-order valence-corrected chi connectivity index (χ0v) is 20.7. The molecule has 0 aromatic heterocycles. The van der Waals surface area contributed by atoms with E-state index in [4.69, 9.17) is 10.3 Å². The van der Waals surface area contributed by atoms with Crippen LogP contribution in [-0.2, 0) is 4.74 Å². The highest BCUT2D eigenvalue weighted by Gasteiger charge is 2.59. The molecule has 0 radical (unpaired) electrons. The van der Waals surface area contributed by atoms with Gasteiger partial charge in [-0.05, 0) is 98.8 Å². The Hall–Kier alpha value is -1.03. The fraction of sp³-hybridized carbons (Fsp3) is 0.926. The fourth-order valence-corrected chi connectivity index (χ4v) is 8.66. The summed E-state index contributed by atoms with van der Waals surface area (Å²) >= 11 is 0. The summed E-state index contributed by atoms with van der Waals surface area (Å²) in [5.74, 6) is 2.81. The molecule has 0 saturated heterocycles. The highest BCUT2D eigenvalue weighted by atomic mass is 16.5. The van der Waals surface area contributed by atoms with E-state index in [0.29, 0.717) is 42.9 Å². The van der Waals surface area contributed by atoms with Gasteiger partial charge in [0.15, 0.2) is 0 Å². The topological polar surface area (TPSA) is 78.2 Å². The van der Waals surface area contributed by atoms with Crippen LogP contribution >= 0.6 is 0 Å². The molecule has 0 aromatic rings. The number of hydrogen-bond donors (Lipinski definition) is 1. The number of rotatable bonds is 9. The molecule has 0 spiro atoms. The van der Waals surface area contributed by atoms with Gasteiger partial charge in [-0.3, -0.25) is 0 Å². The van der Waals surface area contributed by atoms with E-state index in [2.05, 4.69) is 30.8 Å². The van der Waals surface area contributed by atoms with Crippen LogP contribution in [0.15, 0.2) is 16.3 Å². The summed E-state index contributed by atoms with van der Waals surface area (Å²) in [7, 11) is 0. The van der Waals surface area contributed by atoms with Gasteiger partial charge in [0.25, 0.3) is 0 Å². The molecule has 180 valence electrons. The monoisotopic (exact) mass is 443 g/mol. The van der Waals surface area contributed by atoms with Crippen molar-refractivity contribution in [1.29, 1.82) is 0 Å². The summed E-state index contributed by atoms with van der Waals surface area (Å²) in [6, 6.07) is 0. The lowest BCUT2D eigenvalue weighted by molar-refractivity contribution is -0.0922. The van der Waals surface area contributed by atoms with Crippen molar-refractivity contribution in [2.45, 2.75) is 104 Å². The van der Waals surface area contributed by atoms with Crippen LogP contribution in [0.4, 0.5) is 0 Å². The van der Waals surface area contributed by atoms with E-state index < -0.39 is 0 Å². The number of aliphatic hydroxyl groups is 1. The third-order valence-corrected chi connectivity index (χ3v) is 10.3. The minimum Gasteiger partial charge on any atom is -0.396 e. The molecule has 4 rings (SSSR count). The number of ether oxygens (including phenoxy) is 1. The Morgan fingerprint density at radius 1 is 1.19 bits per heavy atom. The maximum Gasteiger partial charge on any atom is 0.0674 e. The van der Waals surface area contributed by atoms with Crippen molar-refractivity contribution in [1.82, 2.24) is 0 Å². The van der Waals surface area contributed by atoms with E-state index in [0.717, 1.165) is 31.6 Å². The van der Waals surface area contributed by atoms with Crippen LogP contribution in [0.5, 0.6) is 0 Å². The van der Waals surface area contributed by atoms with Crippen LogP contribution in [0, 0.1) is 34.5 Å². The summed E-state index contributed by atoms with van der Waals surface area (Å²) in [5.41, 5.74) is 12.8. The zero-order chi connectivity index (χ0) is 22.8. The van der Waals surface area contributed by atoms with E-state index in [1.54, 1.807) is 5.57 Å². The summed E-state index contributed by atoms with van der Waals surface area (Å²) in [6.07, 6.45) is 15.1. The quantitative estimate of drug-likeness (QED) is 0.134. The third-order valence-electron chi connectivity index (χ3n) is 10.3. The first-order chi connectivity index (χ1) is 15.5. The molecule has 0 aromatic carbocycles. The lowest BCUT2D eigenvalue weighted by atomic mass is 9.50. The van der Waals surface area contributed by atoms with Crippen LogP contribution in [-0.4, -0.2) is 31.0 Å². The summed E-state index contributed by atoms with van der Waals surface area (Å²) < 4.78 is 6.74. The fourth-order valence-electron chi connectivity index (χ4n) is 8.66. The van der Waals surface area contributed by atoms with Crippen molar-refractivity contribution >= 4 is 0 Å². The van der Waals surface area contributed by atoms with Crippen LogP contribution in [0.2, 0.25) is 0 Å². The second kappa shape index (κ2) is 10.1. The molecule has 3 unspecified atom stereocenters. The van der Waals surface area contributed by atoms with Crippen LogP contribution in [0.3, 0.4) is 0 Å². The molecule has 5 nitrogen and oxygen atoms in total. The Morgan fingerprint density at radius 3 is 2.81 bits per heavy atom. The molecule has 0 heterocycles. The molecule has 4 aliphatic carbocycles. The molecule has 4 aliphatic rings. The van der Waals surface area contributed by atoms with E-state index >= 15 is 0 Å². The highest BCUT2D eigenvalue weighted by Crippen LogP contribution is 2.66. The Labute approximate surface area is 195 Å². The predicted molar refractivity (Wildman–Crippen MR) is 129 cm³/mol. The third kappa shape index (κ3) is 4.14. The maximum atomic E-state index is 9.42. The molecular formula is C27H45N3O2. The molecule has 2 saturated carbocycles. The summed E-state index contributed by atoms with van der Waals surface area (Å²) in [4.78, 5) is 2.90. The molecule has 0 bridgehead atoms. The first kappa shape index (κ1) is 24.1. The number of azide groups is 1. The van der Waals surface area contributed by atoms with Crippen LogP contribution in [0.1, 0.15) is 97.8 Å². The van der Waals surface area contributed by atoms with Crippen molar-refractivity contribution in [3.63, 3.8) is 0 Å². The van der Waals surface area contributed by atoms with Gasteiger partial charge in [0.05, 0.1) is 6.10 Å². The van der Waals surface area contributed by atoms with Crippen molar-refractivity contribution in [2.75, 3.05) is 19.8 Å². The minimum atomic E-state index is 0.185. The maximum absolute atomic E-state index is 9.42. The van der Waals surface area contributed by atoms with Crippen molar-refractivity contribution in [3.05, 3.63) is 21.6 Å². The molecule has 5 heteroatoms. The predicted octanol–water partition coefficient (Wildman–Crippen LogP) is 7.20. The standard InChI is InChI=1S/C27H45N3O2/c1-19(8-6-16-31)22-12-13-23-21-11-10-20-9-4-5-14-26(20,2)24(21)18-25(27(22,23)3)32-17-7-15-29-30-28/h19-20,22-23,25,31H,4-18H2,1-3H3/t19-,20?,22?,23?,25+,26+,27-/m1/s1. The normalized spacial score (nSPS) is 39.6. The largest absolute Gasteiger partial charge is 0.396 e. The average molecular weight is 444 g/mol. The molecule has 7 atom stereocenters. The number of fused-ring (bicyclic) bond motifs is 4. The van der Waals surface area contributed by atoms with Crippen molar-refractivity contribution in [3.8, 4) is 0 Å². The average Bonchev–Trinajstić information content (AvgIpc) is 3.15. The Morgan fingerprint density at radius 2 is 2.03 bits per heavy atom. The van der Waals surface area contributed by atoms with Gasteiger partial charge in [-0.25, -0.2) is 0 Å². The Kier molecular flexibility index (Phi) is 7.59. The highest BCUT2D eigenvalue weighted by molar-refractivity contribution is 5.36. The Bertz CT molecular complexity index is 745. The summed E-state index contributed by atoms with van der Waals surface area (Å²) in [6.45, 7) is 9.05. The minimum absolute atomic E-state index is 0.185. The van der Waals surface area contributed by atoms with Gasteiger partial charge in [-0.2, -0.15) is 0 Å². The lowest BCUT2D eigenvalue weighted by Gasteiger charge is -2.57. The molecular weight excluding hydrogens is 398 g/mol. The van der Waals surface area contributed by atoms with Gasteiger partial charge in [-0.15, -0.1) is 0 Å². The molecule has 0 aliphatic heterocycles. The van der Waals surface area contributed by atoms with Gasteiger partial charge in [-0.1, -0.05) is 49.9 Å². The number of nitrogens with zero attached hydrogens (tertiary/aromatic N) is 3. The van der Waals surface area contributed by atoms with E-state index in [-0.39, 0.29) is 11.5 Å². The SMILES string of the molecule is C[C@H](CCCO)C1CCC2C3=C(C[C@H](OCCCN=[N+]=[N-])[C@@]21C)[C@@]1(C)CCCCC1CC3. The number of hydrogen-bond acceptors (Lipinski definition) is 3. The zero-order valence-electron chi connectivity index (χ0n) is 20.7. The second-order valence-electron chi connectivity index (χ2n) is 11.7. The molecule has 0 amide bonds. The molecule has 32 heavy (non-hydrogen) atoms. The van der Waals surface area contributed by atoms with Gasteiger partial charge in [0.2, 0.25) is 0 Å². The van der Waals surface area contributed by atoms with Crippen LogP contribution < -0.4 is 0 Å². The van der Waals surface area contributed by atoms with Crippen molar-refractivity contribution < 1.29 is 9.84 Å².